The lowest BCUT2D eigenvalue weighted by atomic mass is 9.94. The van der Waals surface area contributed by atoms with Crippen molar-refractivity contribution in [1.82, 2.24) is 25.8 Å². The molecule has 0 bridgehead atoms. The zero-order chi connectivity index (χ0) is 42.1. The number of aromatic nitrogens is 1. The molecule has 59 heavy (non-hydrogen) atoms. The van der Waals surface area contributed by atoms with Gasteiger partial charge in [-0.15, -0.1) is 0 Å². The maximum atomic E-state index is 14.0. The number of aryl methyl sites for hydroxylation is 1. The molecular weight excluding hydrogens is 760 g/mol. The number of hydrogen-bond donors (Lipinski definition) is 5. The lowest BCUT2D eigenvalue weighted by Crippen LogP contribution is -2.39. The zero-order valence-corrected chi connectivity index (χ0v) is 33.8. The molecule has 2 heterocycles. The monoisotopic (exact) mass is 810 g/mol. The minimum Gasteiger partial charge on any atom is -0.448 e. The number of H-pyrrole nitrogens is 1. The Balaban J connectivity index is 1.01. The third kappa shape index (κ3) is 9.98. The summed E-state index contributed by atoms with van der Waals surface area (Å²) in [5, 5.41) is 11.3. The molecule has 6 rings (SSSR count). The molecule has 1 aliphatic heterocycles. The van der Waals surface area contributed by atoms with Crippen LogP contribution in [0, 0.1) is 19.7 Å². The van der Waals surface area contributed by atoms with Crippen LogP contribution < -0.4 is 21.3 Å². The molecule has 0 saturated heterocycles. The summed E-state index contributed by atoms with van der Waals surface area (Å²) in [6.07, 6.45) is -0.262. The Bertz CT molecular complexity index is 2210. The summed E-state index contributed by atoms with van der Waals surface area (Å²) in [5.41, 5.74) is 7.90. The van der Waals surface area contributed by atoms with Crippen molar-refractivity contribution in [3.05, 3.63) is 111 Å². The number of carbonyl (C=O) groups is 5. The summed E-state index contributed by atoms with van der Waals surface area (Å²) < 4.78 is 30.3. The second-order valence-corrected chi connectivity index (χ2v) is 14.4. The Labute approximate surface area is 342 Å². The lowest BCUT2D eigenvalue weighted by Gasteiger charge is -2.22. The SMILES string of the molecule is CCOCCOCC(=O)NCCNC(=O)c1ccc2c(c1)C(COC(=O)N(CC)CCNC(=O)c1c(C)[nH]c(CC3C(=O)Nc4ccc(F)cc43)c1C)c1ccccc1-2. The van der Waals surface area contributed by atoms with Gasteiger partial charge >= 0.3 is 6.09 Å². The number of nitrogens with zero attached hydrogens (tertiary/aromatic N) is 1. The van der Waals surface area contributed by atoms with Crippen LogP contribution in [0.1, 0.15) is 80.0 Å². The van der Waals surface area contributed by atoms with Crippen LogP contribution in [-0.2, 0) is 30.2 Å². The van der Waals surface area contributed by atoms with Gasteiger partial charge in [-0.3, -0.25) is 19.2 Å². The van der Waals surface area contributed by atoms with Gasteiger partial charge in [0, 0.05) is 74.3 Å². The van der Waals surface area contributed by atoms with E-state index in [1.54, 1.807) is 19.1 Å². The molecule has 1 aliphatic carbocycles. The van der Waals surface area contributed by atoms with Crippen molar-refractivity contribution >= 4 is 35.4 Å². The van der Waals surface area contributed by atoms with Crippen molar-refractivity contribution in [1.29, 1.82) is 0 Å². The van der Waals surface area contributed by atoms with Crippen LogP contribution in [0.15, 0.2) is 60.7 Å². The predicted molar refractivity (Wildman–Crippen MR) is 219 cm³/mol. The number of halogens is 1. The molecule has 0 radical (unpaired) electrons. The highest BCUT2D eigenvalue weighted by molar-refractivity contribution is 6.03. The molecule has 15 heteroatoms. The molecule has 2 unspecified atom stereocenters. The fraction of sp³-hybridized carbons (Fsp3) is 0.386. The number of hydrogen-bond acceptors (Lipinski definition) is 8. The van der Waals surface area contributed by atoms with Crippen molar-refractivity contribution in [2.45, 2.75) is 46.0 Å². The van der Waals surface area contributed by atoms with Crippen LogP contribution in [0.25, 0.3) is 11.1 Å². The quantitative estimate of drug-likeness (QED) is 0.0826. The van der Waals surface area contributed by atoms with E-state index in [1.807, 2.05) is 57.2 Å². The van der Waals surface area contributed by atoms with Gasteiger partial charge in [-0.25, -0.2) is 9.18 Å². The summed E-state index contributed by atoms with van der Waals surface area (Å²) in [6.45, 7) is 9.73. The Morgan fingerprint density at radius 1 is 0.814 bits per heavy atom. The van der Waals surface area contributed by atoms with E-state index in [9.17, 15) is 28.4 Å². The second kappa shape index (κ2) is 19.6. The van der Waals surface area contributed by atoms with E-state index >= 15 is 0 Å². The molecule has 1 aromatic heterocycles. The van der Waals surface area contributed by atoms with Gasteiger partial charge < -0.3 is 45.4 Å². The van der Waals surface area contributed by atoms with E-state index in [0.717, 1.165) is 22.3 Å². The normalized spacial score (nSPS) is 14.8. The number of ether oxygens (including phenoxy) is 3. The summed E-state index contributed by atoms with van der Waals surface area (Å²) in [5.74, 6) is -2.46. The van der Waals surface area contributed by atoms with Gasteiger partial charge in [0.1, 0.15) is 19.0 Å². The Hall–Kier alpha value is -6.06. The van der Waals surface area contributed by atoms with E-state index in [4.69, 9.17) is 14.2 Å². The van der Waals surface area contributed by atoms with Gasteiger partial charge in [0.15, 0.2) is 0 Å². The molecule has 0 fully saturated rings. The lowest BCUT2D eigenvalue weighted by molar-refractivity contribution is -0.126. The molecule has 0 saturated carbocycles. The average Bonchev–Trinajstić information content (AvgIpc) is 3.82. The maximum Gasteiger partial charge on any atom is 0.409 e. The smallest absolute Gasteiger partial charge is 0.409 e. The van der Waals surface area contributed by atoms with E-state index in [-0.39, 0.29) is 75.4 Å². The van der Waals surface area contributed by atoms with Crippen molar-refractivity contribution in [2.24, 2.45) is 0 Å². The Kier molecular flexibility index (Phi) is 14.1. The highest BCUT2D eigenvalue weighted by atomic mass is 19.1. The molecular formula is C44H51FN6O8. The van der Waals surface area contributed by atoms with Gasteiger partial charge in [-0.1, -0.05) is 30.3 Å². The Morgan fingerprint density at radius 3 is 2.36 bits per heavy atom. The first-order chi connectivity index (χ1) is 28.5. The van der Waals surface area contributed by atoms with E-state index in [1.165, 1.54) is 17.0 Å². The highest BCUT2D eigenvalue weighted by Gasteiger charge is 2.33. The number of likely N-dealkylation sites (N-methyl/N-ethyl adjacent to an activating group) is 1. The molecule has 5 N–H and O–H groups in total. The maximum absolute atomic E-state index is 14.0. The van der Waals surface area contributed by atoms with Crippen LogP contribution in [0.4, 0.5) is 14.9 Å². The van der Waals surface area contributed by atoms with Crippen LogP contribution in [0.3, 0.4) is 0 Å². The van der Waals surface area contributed by atoms with Crippen LogP contribution in [0.2, 0.25) is 0 Å². The molecule has 312 valence electrons. The highest BCUT2D eigenvalue weighted by Crippen LogP contribution is 2.45. The van der Waals surface area contributed by atoms with Gasteiger partial charge in [0.25, 0.3) is 11.8 Å². The predicted octanol–water partition coefficient (Wildman–Crippen LogP) is 4.95. The largest absolute Gasteiger partial charge is 0.448 e. The summed E-state index contributed by atoms with van der Waals surface area (Å²) in [4.78, 5) is 69.4. The molecule has 4 aromatic rings. The van der Waals surface area contributed by atoms with Crippen LogP contribution >= 0.6 is 0 Å². The molecule has 2 atom stereocenters. The van der Waals surface area contributed by atoms with Gasteiger partial charge in [0.2, 0.25) is 11.8 Å². The minimum atomic E-state index is -0.593. The van der Waals surface area contributed by atoms with Crippen molar-refractivity contribution < 1.29 is 42.6 Å². The first-order valence-corrected chi connectivity index (χ1v) is 19.9. The molecule has 5 amide bonds. The number of anilines is 1. The summed E-state index contributed by atoms with van der Waals surface area (Å²) in [6, 6.07) is 17.5. The van der Waals surface area contributed by atoms with Gasteiger partial charge in [-0.05, 0) is 91.4 Å². The van der Waals surface area contributed by atoms with Crippen molar-refractivity contribution in [3.8, 4) is 11.1 Å². The van der Waals surface area contributed by atoms with Gasteiger partial charge in [0.05, 0.1) is 24.7 Å². The van der Waals surface area contributed by atoms with Crippen LogP contribution in [0.5, 0.6) is 0 Å². The summed E-state index contributed by atoms with van der Waals surface area (Å²) in [7, 11) is 0. The zero-order valence-electron chi connectivity index (χ0n) is 33.8. The summed E-state index contributed by atoms with van der Waals surface area (Å²) >= 11 is 0. The molecule has 3 aromatic carbocycles. The van der Waals surface area contributed by atoms with E-state index in [0.29, 0.717) is 65.7 Å². The standard InChI is InChI=1S/C44H51FN6O8/c1-5-51(18-17-48-43(55)40-26(3)38(49-27(40)4)23-35-34-22-29(45)12-14-37(34)50-42(35)54)44(56)59-24-36-31-10-8-7-9-30(31)32-13-11-28(21-33(32)36)41(53)47-16-15-46-39(52)25-58-20-19-57-6-2/h7-14,21-22,35-36,49H,5-6,15-20,23-25H2,1-4H3,(H,46,52)(H,47,53)(H,48,55)(H,50,54). The fourth-order valence-corrected chi connectivity index (χ4v) is 7.67. The average molecular weight is 811 g/mol. The third-order valence-corrected chi connectivity index (χ3v) is 10.7. The number of rotatable bonds is 19. The van der Waals surface area contributed by atoms with Gasteiger partial charge in [-0.2, -0.15) is 0 Å². The van der Waals surface area contributed by atoms with Crippen molar-refractivity contribution in [3.63, 3.8) is 0 Å². The van der Waals surface area contributed by atoms with Crippen molar-refractivity contribution in [2.75, 3.05) is 71.1 Å². The number of aromatic amines is 1. The second-order valence-electron chi connectivity index (χ2n) is 14.4. The first-order valence-electron chi connectivity index (χ1n) is 19.9. The Morgan fingerprint density at radius 2 is 1.56 bits per heavy atom. The van der Waals surface area contributed by atoms with E-state index in [2.05, 4.69) is 26.3 Å². The number of nitrogens with one attached hydrogen (secondary N) is 5. The topological polar surface area (TPSA) is 180 Å². The minimum absolute atomic E-state index is 0.0378. The van der Waals surface area contributed by atoms with Crippen LogP contribution in [-0.4, -0.2) is 105 Å². The molecule has 14 nitrogen and oxygen atoms in total. The molecule has 2 aliphatic rings. The molecule has 0 spiro atoms. The number of fused-ring (bicyclic) bond motifs is 4. The third-order valence-electron chi connectivity index (χ3n) is 10.7. The number of carbonyl (C=O) groups excluding carboxylic acids is 5. The van der Waals surface area contributed by atoms with E-state index < -0.39 is 17.8 Å². The fourth-order valence-electron chi connectivity index (χ4n) is 7.67. The first kappa shape index (κ1) is 42.5. The number of benzene rings is 3. The number of amides is 5.